The fraction of sp³-hybridized carbons (Fsp3) is 0.619. The highest BCUT2D eigenvalue weighted by molar-refractivity contribution is 6.31. The minimum absolute atomic E-state index is 0.0339. The number of hydrogen-bond donors (Lipinski definition) is 1. The van der Waals surface area contributed by atoms with Crippen molar-refractivity contribution in [1.82, 2.24) is 4.90 Å². The van der Waals surface area contributed by atoms with Gasteiger partial charge in [0.15, 0.2) is 0 Å². The molecule has 1 aromatic rings. The Balaban J connectivity index is 1.26. The van der Waals surface area contributed by atoms with Gasteiger partial charge in [0.1, 0.15) is 0 Å². The molecular formula is C21H26ClN3O. The number of anilines is 1. The highest BCUT2D eigenvalue weighted by atomic mass is 35.5. The Kier molecular flexibility index (Phi) is 4.49. The number of halogens is 1. The summed E-state index contributed by atoms with van der Waals surface area (Å²) in [6.07, 6.45) is 6.30. The van der Waals surface area contributed by atoms with E-state index in [9.17, 15) is 10.1 Å². The summed E-state index contributed by atoms with van der Waals surface area (Å²) >= 11 is 6.08. The lowest BCUT2D eigenvalue weighted by atomic mass is 9.65. The van der Waals surface area contributed by atoms with Gasteiger partial charge in [0.25, 0.3) is 0 Å². The quantitative estimate of drug-likeness (QED) is 0.854. The second-order valence-corrected chi connectivity index (χ2v) is 9.25. The van der Waals surface area contributed by atoms with Gasteiger partial charge in [0.2, 0.25) is 5.91 Å². The van der Waals surface area contributed by atoms with Gasteiger partial charge in [-0.25, -0.2) is 0 Å². The summed E-state index contributed by atoms with van der Waals surface area (Å²) in [4.78, 5) is 15.1. The summed E-state index contributed by atoms with van der Waals surface area (Å²) in [5, 5.41) is 12.9. The van der Waals surface area contributed by atoms with E-state index < -0.39 is 0 Å². The second kappa shape index (κ2) is 6.55. The van der Waals surface area contributed by atoms with Crippen LogP contribution in [-0.4, -0.2) is 30.4 Å². The number of nitriles is 1. The first kappa shape index (κ1) is 17.8. The molecule has 1 N–H and O–H groups in total. The average molecular weight is 372 g/mol. The number of carbonyl (C=O) groups is 1. The van der Waals surface area contributed by atoms with Crippen LogP contribution in [0.25, 0.3) is 0 Å². The summed E-state index contributed by atoms with van der Waals surface area (Å²) in [6, 6.07) is 8.15. The number of aryl methyl sites for hydroxylation is 1. The molecule has 5 heteroatoms. The molecule has 1 spiro atoms. The lowest BCUT2D eigenvalue weighted by molar-refractivity contribution is -0.123. The topological polar surface area (TPSA) is 56.1 Å². The van der Waals surface area contributed by atoms with Gasteiger partial charge in [-0.15, -0.1) is 0 Å². The van der Waals surface area contributed by atoms with Gasteiger partial charge in [-0.3, -0.25) is 4.79 Å². The molecule has 1 heterocycles. The first-order valence-corrected chi connectivity index (χ1v) is 10.0. The number of nitrogens with zero attached hydrogens (tertiary/aromatic N) is 2. The van der Waals surface area contributed by atoms with Gasteiger partial charge < -0.3 is 10.2 Å². The molecule has 0 aromatic heterocycles. The van der Waals surface area contributed by atoms with E-state index in [1.54, 1.807) is 0 Å². The van der Waals surface area contributed by atoms with E-state index in [0.717, 1.165) is 69.4 Å². The van der Waals surface area contributed by atoms with Crippen LogP contribution in [0, 0.1) is 35.0 Å². The van der Waals surface area contributed by atoms with Crippen LogP contribution >= 0.6 is 11.6 Å². The first-order valence-electron chi connectivity index (χ1n) is 9.63. The summed E-state index contributed by atoms with van der Waals surface area (Å²) in [6.45, 7) is 5.14. The number of amides is 1. The highest BCUT2D eigenvalue weighted by Gasteiger charge is 2.51. The van der Waals surface area contributed by atoms with Crippen molar-refractivity contribution in [1.29, 1.82) is 5.26 Å². The summed E-state index contributed by atoms with van der Waals surface area (Å²) in [5.74, 6) is 0.224. The zero-order valence-electron chi connectivity index (χ0n) is 15.4. The molecule has 0 atom stereocenters. The summed E-state index contributed by atoms with van der Waals surface area (Å²) < 4.78 is 0. The molecule has 0 bridgehead atoms. The third kappa shape index (κ3) is 3.61. The van der Waals surface area contributed by atoms with Crippen LogP contribution in [0.3, 0.4) is 0 Å². The Labute approximate surface area is 160 Å². The standard InChI is InChI=1S/C21H26ClN3O/c1-15-8-17(22)10-18(9-15)24-19(26)16-2-4-21(5-3-16)13-25(14-21)12-20(11-23)6-7-20/h8-10,16H,2-7,12-14H2,1H3,(H,24,26). The van der Waals surface area contributed by atoms with Gasteiger partial charge in [0, 0.05) is 36.3 Å². The predicted octanol–water partition coefficient (Wildman–Crippen LogP) is 4.38. The van der Waals surface area contributed by atoms with E-state index in [0.29, 0.717) is 10.4 Å². The van der Waals surface area contributed by atoms with Gasteiger partial charge in [-0.2, -0.15) is 5.26 Å². The Hall–Kier alpha value is -1.57. The molecule has 1 aliphatic heterocycles. The van der Waals surface area contributed by atoms with E-state index in [1.165, 1.54) is 0 Å². The lowest BCUT2D eigenvalue weighted by Crippen LogP contribution is -2.59. The molecule has 2 saturated carbocycles. The third-order valence-electron chi connectivity index (χ3n) is 6.46. The number of carbonyl (C=O) groups excluding carboxylic acids is 1. The molecule has 3 fully saturated rings. The summed E-state index contributed by atoms with van der Waals surface area (Å²) in [5.41, 5.74) is 2.21. The first-order chi connectivity index (χ1) is 12.4. The van der Waals surface area contributed by atoms with E-state index in [-0.39, 0.29) is 17.2 Å². The number of likely N-dealkylation sites (tertiary alicyclic amines) is 1. The van der Waals surface area contributed by atoms with Crippen molar-refractivity contribution in [2.75, 3.05) is 25.0 Å². The van der Waals surface area contributed by atoms with Crippen molar-refractivity contribution in [3.63, 3.8) is 0 Å². The molecule has 0 radical (unpaired) electrons. The smallest absolute Gasteiger partial charge is 0.227 e. The predicted molar refractivity (Wildman–Crippen MR) is 103 cm³/mol. The number of rotatable bonds is 4. The van der Waals surface area contributed by atoms with Crippen LogP contribution < -0.4 is 5.32 Å². The maximum Gasteiger partial charge on any atom is 0.227 e. The van der Waals surface area contributed by atoms with Gasteiger partial charge in [0.05, 0.1) is 11.5 Å². The van der Waals surface area contributed by atoms with Crippen LogP contribution in [0.1, 0.15) is 44.1 Å². The largest absolute Gasteiger partial charge is 0.326 e. The van der Waals surface area contributed by atoms with Crippen molar-refractivity contribution < 1.29 is 4.79 Å². The molecule has 26 heavy (non-hydrogen) atoms. The molecule has 4 nitrogen and oxygen atoms in total. The van der Waals surface area contributed by atoms with Gasteiger partial charge in [-0.1, -0.05) is 11.6 Å². The molecule has 1 aromatic carbocycles. The number of hydrogen-bond acceptors (Lipinski definition) is 3. The van der Waals surface area contributed by atoms with Crippen molar-refractivity contribution in [2.45, 2.75) is 45.4 Å². The van der Waals surface area contributed by atoms with Crippen molar-refractivity contribution in [3.8, 4) is 6.07 Å². The molecule has 3 aliphatic rings. The zero-order valence-corrected chi connectivity index (χ0v) is 16.1. The molecule has 0 unspecified atom stereocenters. The van der Waals surface area contributed by atoms with Gasteiger partial charge >= 0.3 is 0 Å². The van der Waals surface area contributed by atoms with Crippen LogP contribution in [0.2, 0.25) is 5.02 Å². The lowest BCUT2D eigenvalue weighted by Gasteiger charge is -2.54. The Morgan fingerprint density at radius 2 is 1.96 bits per heavy atom. The Bertz CT molecular complexity index is 729. The van der Waals surface area contributed by atoms with E-state index in [2.05, 4.69) is 16.3 Å². The SMILES string of the molecule is Cc1cc(Cl)cc(NC(=O)C2CCC3(CC2)CN(CC2(C#N)CC2)C3)c1. The fourth-order valence-corrected chi connectivity index (χ4v) is 5.05. The van der Waals surface area contributed by atoms with Crippen molar-refractivity contribution >= 4 is 23.2 Å². The van der Waals surface area contributed by atoms with E-state index in [4.69, 9.17) is 11.6 Å². The molecule has 1 saturated heterocycles. The minimum Gasteiger partial charge on any atom is -0.326 e. The van der Waals surface area contributed by atoms with Crippen LogP contribution in [0.5, 0.6) is 0 Å². The van der Waals surface area contributed by atoms with Crippen LogP contribution in [0.4, 0.5) is 5.69 Å². The normalized spacial score (nSPS) is 23.9. The maximum absolute atomic E-state index is 12.6. The molecule has 4 rings (SSSR count). The Morgan fingerprint density at radius 3 is 2.54 bits per heavy atom. The highest BCUT2D eigenvalue weighted by Crippen LogP contribution is 2.51. The van der Waals surface area contributed by atoms with E-state index >= 15 is 0 Å². The summed E-state index contributed by atoms with van der Waals surface area (Å²) in [7, 11) is 0. The van der Waals surface area contributed by atoms with Crippen molar-refractivity contribution in [2.24, 2.45) is 16.7 Å². The van der Waals surface area contributed by atoms with Gasteiger partial charge in [-0.05, 0) is 74.6 Å². The van der Waals surface area contributed by atoms with E-state index in [1.807, 2.05) is 25.1 Å². The van der Waals surface area contributed by atoms with Crippen LogP contribution in [-0.2, 0) is 4.79 Å². The molecule has 1 amide bonds. The third-order valence-corrected chi connectivity index (χ3v) is 6.68. The Morgan fingerprint density at radius 1 is 1.27 bits per heavy atom. The number of benzene rings is 1. The zero-order chi connectivity index (χ0) is 18.4. The van der Waals surface area contributed by atoms with Crippen LogP contribution in [0.15, 0.2) is 18.2 Å². The molecular weight excluding hydrogens is 346 g/mol. The minimum atomic E-state index is -0.0339. The fourth-order valence-electron chi connectivity index (χ4n) is 4.76. The second-order valence-electron chi connectivity index (χ2n) is 8.82. The molecule has 2 aliphatic carbocycles. The maximum atomic E-state index is 12.6. The number of nitrogens with one attached hydrogen (secondary N) is 1. The monoisotopic (exact) mass is 371 g/mol. The van der Waals surface area contributed by atoms with Crippen molar-refractivity contribution in [3.05, 3.63) is 28.8 Å². The average Bonchev–Trinajstić information content (AvgIpc) is 3.33. The molecule has 138 valence electrons.